The normalized spacial score (nSPS) is 20.4. The molecule has 0 spiro atoms. The van der Waals surface area contributed by atoms with Crippen molar-refractivity contribution in [2.75, 3.05) is 38.1 Å². The molecule has 3 aromatic rings. The third-order valence-corrected chi connectivity index (χ3v) is 9.67. The lowest BCUT2D eigenvalue weighted by molar-refractivity contribution is -0.0177. The average molecular weight is 686 g/mol. The van der Waals surface area contributed by atoms with E-state index in [2.05, 4.69) is 14.6 Å². The fraction of sp³-hybridized carbons (Fsp3) is 0.500. The zero-order valence-corrected chi connectivity index (χ0v) is 29.0. The van der Waals surface area contributed by atoms with Crippen LogP contribution in [0.3, 0.4) is 0 Å². The molecular formula is C34H47N5O8S. The lowest BCUT2D eigenvalue weighted by atomic mass is 10.0. The predicted molar refractivity (Wildman–Crippen MR) is 181 cm³/mol. The van der Waals surface area contributed by atoms with Crippen LogP contribution in [0.25, 0.3) is 0 Å². The summed E-state index contributed by atoms with van der Waals surface area (Å²) in [7, 11) is -0.386. The summed E-state index contributed by atoms with van der Waals surface area (Å²) in [6.07, 6.45) is 4.65. The first-order valence-corrected chi connectivity index (χ1v) is 17.6. The van der Waals surface area contributed by atoms with Crippen molar-refractivity contribution in [1.82, 2.24) is 19.4 Å². The van der Waals surface area contributed by atoms with Crippen LogP contribution in [-0.2, 0) is 28.4 Å². The molecule has 0 bridgehead atoms. The predicted octanol–water partition coefficient (Wildman–Crippen LogP) is 3.85. The van der Waals surface area contributed by atoms with Crippen LogP contribution in [-0.4, -0.2) is 101 Å². The van der Waals surface area contributed by atoms with E-state index in [1.54, 1.807) is 55.3 Å². The number of hydrogen-bond donors (Lipinski definition) is 3. The molecule has 4 rings (SSSR count). The number of carbonyl (C=O) groups excluding carboxylic acids is 1. The maximum Gasteiger partial charge on any atom is 0.335 e. The Hall–Kier alpha value is -3.98. The Morgan fingerprint density at radius 1 is 1.17 bits per heavy atom. The van der Waals surface area contributed by atoms with Crippen LogP contribution in [0.15, 0.2) is 60.0 Å². The van der Waals surface area contributed by atoms with Crippen molar-refractivity contribution in [3.8, 4) is 5.75 Å². The van der Waals surface area contributed by atoms with E-state index in [0.29, 0.717) is 31.9 Å². The number of carboxylic acid groups (broad SMARTS) is 1. The number of fused-ring (bicyclic) bond motifs is 1. The van der Waals surface area contributed by atoms with Gasteiger partial charge < -0.3 is 29.2 Å². The van der Waals surface area contributed by atoms with E-state index in [1.165, 1.54) is 23.2 Å². The summed E-state index contributed by atoms with van der Waals surface area (Å²) in [4.78, 5) is 33.2. The van der Waals surface area contributed by atoms with Crippen LogP contribution in [0.2, 0.25) is 0 Å². The highest BCUT2D eigenvalue weighted by molar-refractivity contribution is 7.92. The maximum absolute atomic E-state index is 14.3. The fourth-order valence-corrected chi connectivity index (χ4v) is 6.65. The number of ether oxygens (including phenoxy) is 2. The Labute approximate surface area is 282 Å². The molecule has 13 nitrogen and oxygen atoms in total. The van der Waals surface area contributed by atoms with Crippen LogP contribution in [0, 0.1) is 5.92 Å². The van der Waals surface area contributed by atoms with E-state index in [4.69, 9.17) is 9.47 Å². The summed E-state index contributed by atoms with van der Waals surface area (Å²) in [5.41, 5.74) is 1.54. The number of rotatable bonds is 10. The molecule has 0 saturated carbocycles. The largest absolute Gasteiger partial charge is 0.490 e. The number of sulfonamides is 1. The van der Waals surface area contributed by atoms with Gasteiger partial charge >= 0.3 is 5.97 Å². The van der Waals surface area contributed by atoms with Crippen molar-refractivity contribution in [2.45, 2.75) is 69.9 Å². The minimum absolute atomic E-state index is 0.154. The van der Waals surface area contributed by atoms with Crippen LogP contribution in [0.5, 0.6) is 5.75 Å². The number of aromatic carboxylic acids is 1. The van der Waals surface area contributed by atoms with Crippen molar-refractivity contribution >= 4 is 27.6 Å². The molecule has 1 aliphatic heterocycles. The number of likely N-dealkylation sites (N-methyl/N-ethyl adjacent to an activating group) is 1. The molecule has 0 aliphatic carbocycles. The number of amides is 1. The molecule has 14 heteroatoms. The van der Waals surface area contributed by atoms with Crippen LogP contribution in [0.4, 0.5) is 5.69 Å². The summed E-state index contributed by atoms with van der Waals surface area (Å²) in [6.45, 7) is 7.31. The van der Waals surface area contributed by atoms with E-state index < -0.39 is 27.9 Å². The molecule has 2 aromatic carbocycles. The van der Waals surface area contributed by atoms with Crippen LogP contribution in [0.1, 0.15) is 66.3 Å². The highest BCUT2D eigenvalue weighted by Gasteiger charge is 2.31. The quantitative estimate of drug-likeness (QED) is 0.286. The molecule has 4 atom stereocenters. The Morgan fingerprint density at radius 2 is 1.90 bits per heavy atom. The number of carboxylic acids is 1. The van der Waals surface area contributed by atoms with E-state index in [-0.39, 0.29) is 53.1 Å². The van der Waals surface area contributed by atoms with Crippen molar-refractivity contribution < 1.29 is 37.7 Å². The summed E-state index contributed by atoms with van der Waals surface area (Å²) in [5.74, 6) is -1.21. The second-order valence-electron chi connectivity index (χ2n) is 12.7. The monoisotopic (exact) mass is 685 g/mol. The lowest BCUT2D eigenvalue weighted by Crippen LogP contribution is -2.47. The Morgan fingerprint density at radius 3 is 2.54 bits per heavy atom. The first-order valence-electron chi connectivity index (χ1n) is 16.1. The highest BCUT2D eigenvalue weighted by atomic mass is 32.2. The van der Waals surface area contributed by atoms with Gasteiger partial charge in [-0.3, -0.25) is 14.4 Å². The first kappa shape index (κ1) is 36.8. The van der Waals surface area contributed by atoms with Crippen molar-refractivity contribution in [2.24, 2.45) is 13.0 Å². The SMILES string of the molecule is C[C@@H]1CN([C@@H](C)CO)C(=O)c2cc(NS(=O)(=O)c3cn(C)cn3)ccc2O[C@@H](C)CCCCO[C@@H]1CN(C)Cc1ccc(C(=O)O)cc1. The molecular weight excluding hydrogens is 638 g/mol. The molecule has 0 unspecified atom stereocenters. The number of hydrogen-bond acceptors (Lipinski definition) is 9. The average Bonchev–Trinajstić information content (AvgIpc) is 3.49. The van der Waals surface area contributed by atoms with Gasteiger partial charge in [0.25, 0.3) is 15.9 Å². The molecule has 2 heterocycles. The molecule has 262 valence electrons. The molecule has 0 fully saturated rings. The van der Waals surface area contributed by atoms with E-state index in [0.717, 1.165) is 18.4 Å². The summed E-state index contributed by atoms with van der Waals surface area (Å²) >= 11 is 0. The van der Waals surface area contributed by atoms with Crippen LogP contribution < -0.4 is 9.46 Å². The number of nitrogens with one attached hydrogen (secondary N) is 1. The van der Waals surface area contributed by atoms with Gasteiger partial charge in [-0.1, -0.05) is 19.1 Å². The Kier molecular flexibility index (Phi) is 12.6. The van der Waals surface area contributed by atoms with Crippen molar-refractivity contribution in [3.05, 3.63) is 71.7 Å². The number of aryl methyl sites for hydroxylation is 1. The van der Waals surface area contributed by atoms with Gasteiger partial charge in [0.05, 0.1) is 42.3 Å². The minimum atomic E-state index is -4.02. The molecule has 1 amide bonds. The Bertz CT molecular complexity index is 1650. The summed E-state index contributed by atoms with van der Waals surface area (Å²) in [5, 5.41) is 19.3. The molecule has 0 saturated heterocycles. The molecule has 3 N–H and O–H groups in total. The molecule has 48 heavy (non-hydrogen) atoms. The van der Waals surface area contributed by atoms with E-state index >= 15 is 0 Å². The van der Waals surface area contributed by atoms with Gasteiger partial charge in [0.15, 0.2) is 5.03 Å². The van der Waals surface area contributed by atoms with Crippen molar-refractivity contribution in [1.29, 1.82) is 0 Å². The zero-order chi connectivity index (χ0) is 35.0. The second kappa shape index (κ2) is 16.4. The smallest absolute Gasteiger partial charge is 0.335 e. The number of anilines is 1. The van der Waals surface area contributed by atoms with Crippen LogP contribution >= 0.6 is 0 Å². The number of nitrogens with zero attached hydrogens (tertiary/aromatic N) is 4. The molecule has 0 radical (unpaired) electrons. The molecule has 1 aliphatic rings. The number of aliphatic hydroxyl groups is 1. The third-order valence-electron chi connectivity index (χ3n) is 8.41. The zero-order valence-electron chi connectivity index (χ0n) is 28.2. The summed E-state index contributed by atoms with van der Waals surface area (Å²) in [6, 6.07) is 10.8. The highest BCUT2D eigenvalue weighted by Crippen LogP contribution is 2.29. The van der Waals surface area contributed by atoms with Gasteiger partial charge in [0, 0.05) is 51.1 Å². The Balaban J connectivity index is 1.61. The topological polar surface area (TPSA) is 164 Å². The number of imidazole rings is 1. The molecule has 1 aromatic heterocycles. The first-order chi connectivity index (χ1) is 22.8. The van der Waals surface area contributed by atoms with Gasteiger partial charge in [-0.2, -0.15) is 8.42 Å². The third kappa shape index (κ3) is 9.78. The second-order valence-corrected chi connectivity index (χ2v) is 14.3. The van der Waals surface area contributed by atoms with E-state index in [1.807, 2.05) is 20.9 Å². The number of aliphatic hydroxyl groups excluding tert-OH is 1. The van der Waals surface area contributed by atoms with Gasteiger partial charge in [0.2, 0.25) is 0 Å². The maximum atomic E-state index is 14.3. The van der Waals surface area contributed by atoms with Crippen molar-refractivity contribution in [3.63, 3.8) is 0 Å². The lowest BCUT2D eigenvalue weighted by Gasteiger charge is -2.36. The number of carbonyl (C=O) groups is 2. The van der Waals surface area contributed by atoms with Gasteiger partial charge in [-0.05, 0) is 76.1 Å². The fourth-order valence-electron chi connectivity index (χ4n) is 5.62. The van der Waals surface area contributed by atoms with Gasteiger partial charge in [-0.15, -0.1) is 0 Å². The minimum Gasteiger partial charge on any atom is -0.490 e. The van der Waals surface area contributed by atoms with Gasteiger partial charge in [-0.25, -0.2) is 9.78 Å². The standard InChI is InChI=1S/C34H47N5O8S/c1-23-17-39(24(2)21-40)33(41)29-16-28(36-48(44,45)32-20-38(5)22-35-32)13-14-30(29)47-25(3)8-6-7-15-46-31(23)19-37(4)18-26-9-11-27(12-10-26)34(42)43/h9-14,16,20,22-25,31,36,40H,6-8,15,17-19,21H2,1-5H3,(H,42,43)/t23-,24+,25+,31-/m1/s1. The van der Waals surface area contributed by atoms with E-state index in [9.17, 15) is 28.2 Å². The number of aromatic nitrogens is 2. The summed E-state index contributed by atoms with van der Waals surface area (Å²) < 4.78 is 42.8. The van der Waals surface area contributed by atoms with Gasteiger partial charge in [0.1, 0.15) is 5.75 Å². The number of benzene rings is 2.